The zero-order valence-corrected chi connectivity index (χ0v) is 9.47. The van der Waals surface area contributed by atoms with Crippen LogP contribution in [0.5, 0.6) is 0 Å². The molecule has 0 atom stereocenters. The minimum atomic E-state index is -0.967. The van der Waals surface area contributed by atoms with Crippen LogP contribution in [-0.4, -0.2) is 35.4 Å². The third-order valence-electron chi connectivity index (χ3n) is 2.92. The lowest BCUT2D eigenvalue weighted by molar-refractivity contribution is 0.0697. The summed E-state index contributed by atoms with van der Waals surface area (Å²) >= 11 is 0. The molecule has 0 saturated heterocycles. The molecule has 0 aliphatic heterocycles. The van der Waals surface area contributed by atoms with E-state index in [2.05, 4.69) is 0 Å². The van der Waals surface area contributed by atoms with Crippen molar-refractivity contribution in [2.45, 2.75) is 18.9 Å². The Morgan fingerprint density at radius 3 is 2.71 bits per heavy atom. The van der Waals surface area contributed by atoms with Crippen LogP contribution in [0.3, 0.4) is 0 Å². The zero-order valence-electron chi connectivity index (χ0n) is 9.47. The SMILES string of the molecule is Nc1ccc(C(=O)O)cc1N(CCO)C1CC1. The minimum Gasteiger partial charge on any atom is -0.478 e. The normalized spacial score (nSPS) is 14.6. The summed E-state index contributed by atoms with van der Waals surface area (Å²) in [5.41, 5.74) is 7.35. The van der Waals surface area contributed by atoms with Gasteiger partial charge in [0.15, 0.2) is 0 Å². The lowest BCUT2D eigenvalue weighted by Crippen LogP contribution is -2.29. The Morgan fingerprint density at radius 1 is 1.47 bits per heavy atom. The van der Waals surface area contributed by atoms with Crippen molar-refractivity contribution in [3.63, 3.8) is 0 Å². The highest BCUT2D eigenvalue weighted by atomic mass is 16.4. The van der Waals surface area contributed by atoms with E-state index in [1.165, 1.54) is 6.07 Å². The summed E-state index contributed by atoms with van der Waals surface area (Å²) in [6.45, 7) is 0.519. The fraction of sp³-hybridized carbons (Fsp3) is 0.417. The molecule has 1 aromatic carbocycles. The number of carboxylic acid groups (broad SMARTS) is 1. The summed E-state index contributed by atoms with van der Waals surface area (Å²) in [4.78, 5) is 12.9. The number of hydrogen-bond acceptors (Lipinski definition) is 4. The number of carboxylic acids is 1. The maximum absolute atomic E-state index is 10.9. The Hall–Kier alpha value is -1.75. The molecule has 0 amide bonds. The van der Waals surface area contributed by atoms with Crippen LogP contribution in [-0.2, 0) is 0 Å². The zero-order chi connectivity index (χ0) is 12.4. The molecule has 5 nitrogen and oxygen atoms in total. The summed E-state index contributed by atoms with van der Waals surface area (Å²) in [5, 5.41) is 18.0. The number of aliphatic hydroxyl groups is 1. The Balaban J connectivity index is 2.33. The molecular weight excluding hydrogens is 220 g/mol. The van der Waals surface area contributed by atoms with Gasteiger partial charge in [-0.2, -0.15) is 0 Å². The van der Waals surface area contributed by atoms with Crippen LogP contribution in [0, 0.1) is 0 Å². The van der Waals surface area contributed by atoms with E-state index in [-0.39, 0.29) is 12.2 Å². The molecule has 0 spiro atoms. The molecule has 17 heavy (non-hydrogen) atoms. The molecular formula is C12H16N2O3. The van der Waals surface area contributed by atoms with Gasteiger partial charge in [0.2, 0.25) is 0 Å². The van der Waals surface area contributed by atoms with Gasteiger partial charge in [0.05, 0.1) is 23.5 Å². The average Bonchev–Trinajstić information content (AvgIpc) is 3.10. The summed E-state index contributed by atoms with van der Waals surface area (Å²) in [5.74, 6) is -0.967. The van der Waals surface area contributed by atoms with Crippen molar-refractivity contribution >= 4 is 17.3 Å². The first-order chi connectivity index (χ1) is 8.13. The lowest BCUT2D eigenvalue weighted by atomic mass is 10.1. The second-order valence-electron chi connectivity index (χ2n) is 4.23. The van der Waals surface area contributed by atoms with Crippen molar-refractivity contribution in [3.8, 4) is 0 Å². The van der Waals surface area contributed by atoms with Crippen LogP contribution < -0.4 is 10.6 Å². The highest BCUT2D eigenvalue weighted by Gasteiger charge is 2.30. The lowest BCUT2D eigenvalue weighted by Gasteiger charge is -2.25. The topological polar surface area (TPSA) is 86.8 Å². The summed E-state index contributed by atoms with van der Waals surface area (Å²) in [6.07, 6.45) is 2.13. The molecule has 0 unspecified atom stereocenters. The smallest absolute Gasteiger partial charge is 0.335 e. The molecule has 0 heterocycles. The van der Waals surface area contributed by atoms with Crippen molar-refractivity contribution in [3.05, 3.63) is 23.8 Å². The average molecular weight is 236 g/mol. The number of benzene rings is 1. The fourth-order valence-electron chi connectivity index (χ4n) is 1.92. The predicted octanol–water partition coefficient (Wildman–Crippen LogP) is 0.928. The highest BCUT2D eigenvalue weighted by Crippen LogP contribution is 2.35. The van der Waals surface area contributed by atoms with Gasteiger partial charge in [0.25, 0.3) is 0 Å². The second kappa shape index (κ2) is 4.63. The van der Waals surface area contributed by atoms with Crippen LogP contribution in [0.2, 0.25) is 0 Å². The standard InChI is InChI=1S/C12H16N2O3/c13-10-4-1-8(12(16)17)7-11(10)14(5-6-15)9-2-3-9/h1,4,7,9,15H,2-3,5-6,13H2,(H,16,17). The van der Waals surface area contributed by atoms with Gasteiger partial charge in [-0.1, -0.05) is 0 Å². The van der Waals surface area contributed by atoms with Crippen molar-refractivity contribution in [1.82, 2.24) is 0 Å². The van der Waals surface area contributed by atoms with E-state index < -0.39 is 5.97 Å². The van der Waals surface area contributed by atoms with E-state index in [1.807, 2.05) is 4.90 Å². The number of aromatic carboxylic acids is 1. The maximum atomic E-state index is 10.9. The number of anilines is 2. The van der Waals surface area contributed by atoms with Crippen LogP contribution >= 0.6 is 0 Å². The van der Waals surface area contributed by atoms with Crippen molar-refractivity contribution in [2.75, 3.05) is 23.8 Å². The number of nitrogens with zero attached hydrogens (tertiary/aromatic N) is 1. The Labute approximate surface area is 99.5 Å². The van der Waals surface area contributed by atoms with Gasteiger partial charge < -0.3 is 20.8 Å². The first kappa shape index (κ1) is 11.7. The Morgan fingerprint density at radius 2 is 2.18 bits per heavy atom. The van der Waals surface area contributed by atoms with E-state index in [1.54, 1.807) is 12.1 Å². The van der Waals surface area contributed by atoms with Crippen molar-refractivity contribution in [2.24, 2.45) is 0 Å². The maximum Gasteiger partial charge on any atom is 0.335 e. The third kappa shape index (κ3) is 2.50. The first-order valence-electron chi connectivity index (χ1n) is 5.64. The Bertz CT molecular complexity index is 430. The molecule has 0 bridgehead atoms. The quantitative estimate of drug-likeness (QED) is 0.662. The molecule has 4 N–H and O–H groups in total. The van der Waals surface area contributed by atoms with Crippen LogP contribution in [0.25, 0.3) is 0 Å². The van der Waals surface area contributed by atoms with Crippen LogP contribution in [0.4, 0.5) is 11.4 Å². The molecule has 0 radical (unpaired) electrons. The summed E-state index contributed by atoms with van der Waals surface area (Å²) in [7, 11) is 0. The van der Waals surface area contributed by atoms with Crippen molar-refractivity contribution < 1.29 is 15.0 Å². The highest BCUT2D eigenvalue weighted by molar-refractivity contribution is 5.90. The monoisotopic (exact) mass is 236 g/mol. The molecule has 1 aromatic rings. The van der Waals surface area contributed by atoms with E-state index >= 15 is 0 Å². The molecule has 0 aromatic heterocycles. The number of aliphatic hydroxyl groups excluding tert-OH is 1. The second-order valence-corrected chi connectivity index (χ2v) is 4.23. The third-order valence-corrected chi connectivity index (χ3v) is 2.92. The number of nitrogen functional groups attached to an aromatic ring is 1. The number of hydrogen-bond donors (Lipinski definition) is 3. The molecule has 1 aliphatic rings. The van der Waals surface area contributed by atoms with Gasteiger partial charge in [-0.15, -0.1) is 0 Å². The van der Waals surface area contributed by atoms with E-state index in [9.17, 15) is 4.79 Å². The molecule has 1 fully saturated rings. The number of nitrogens with two attached hydrogens (primary N) is 1. The predicted molar refractivity (Wildman–Crippen MR) is 65.3 cm³/mol. The van der Waals surface area contributed by atoms with Crippen LogP contribution in [0.15, 0.2) is 18.2 Å². The van der Waals surface area contributed by atoms with Gasteiger partial charge >= 0.3 is 5.97 Å². The molecule has 92 valence electrons. The minimum absolute atomic E-state index is 0.0350. The van der Waals surface area contributed by atoms with Gasteiger partial charge in [0.1, 0.15) is 0 Å². The molecule has 5 heteroatoms. The first-order valence-corrected chi connectivity index (χ1v) is 5.64. The van der Waals surface area contributed by atoms with E-state index in [0.29, 0.717) is 24.0 Å². The summed E-state index contributed by atoms with van der Waals surface area (Å²) < 4.78 is 0. The molecule has 2 rings (SSSR count). The fourth-order valence-corrected chi connectivity index (χ4v) is 1.92. The van der Waals surface area contributed by atoms with Crippen LogP contribution in [0.1, 0.15) is 23.2 Å². The van der Waals surface area contributed by atoms with Gasteiger partial charge in [-0.3, -0.25) is 0 Å². The number of carbonyl (C=O) groups is 1. The van der Waals surface area contributed by atoms with E-state index in [0.717, 1.165) is 12.8 Å². The van der Waals surface area contributed by atoms with Gasteiger partial charge in [0, 0.05) is 12.6 Å². The molecule has 1 aliphatic carbocycles. The Kier molecular flexibility index (Phi) is 3.19. The number of rotatable bonds is 5. The largest absolute Gasteiger partial charge is 0.478 e. The van der Waals surface area contributed by atoms with Gasteiger partial charge in [-0.05, 0) is 31.0 Å². The van der Waals surface area contributed by atoms with Gasteiger partial charge in [-0.25, -0.2) is 4.79 Å². The van der Waals surface area contributed by atoms with Crippen molar-refractivity contribution in [1.29, 1.82) is 0 Å². The summed E-state index contributed by atoms with van der Waals surface area (Å²) in [6, 6.07) is 5.05. The molecule has 1 saturated carbocycles. The van der Waals surface area contributed by atoms with E-state index in [4.69, 9.17) is 15.9 Å².